The molecule has 5 heteroatoms. The standard InChI is InChI=1S/C16H12N2OS2/c19-15(8-7-14-2-1-10-20-14)18-13-5-3-12(4-6-13)16-17-9-11-21-16/h1-11H,(H,18,19)/b8-7+. The van der Waals surface area contributed by atoms with Gasteiger partial charge in [0.2, 0.25) is 5.91 Å². The molecule has 0 aliphatic rings. The summed E-state index contributed by atoms with van der Waals surface area (Å²) in [7, 11) is 0. The van der Waals surface area contributed by atoms with Gasteiger partial charge < -0.3 is 5.32 Å². The van der Waals surface area contributed by atoms with Crippen LogP contribution in [0.2, 0.25) is 0 Å². The van der Waals surface area contributed by atoms with Crippen LogP contribution in [0.25, 0.3) is 16.6 Å². The van der Waals surface area contributed by atoms with E-state index in [2.05, 4.69) is 10.3 Å². The van der Waals surface area contributed by atoms with Crippen LogP contribution in [0, 0.1) is 0 Å². The van der Waals surface area contributed by atoms with Crippen LogP contribution < -0.4 is 5.32 Å². The third-order valence-electron chi connectivity index (χ3n) is 2.77. The van der Waals surface area contributed by atoms with Gasteiger partial charge in [0.15, 0.2) is 0 Å². The van der Waals surface area contributed by atoms with E-state index in [1.165, 1.54) is 0 Å². The number of thiazole rings is 1. The Hall–Kier alpha value is -2.24. The highest BCUT2D eigenvalue weighted by atomic mass is 32.1. The normalized spacial score (nSPS) is 10.9. The molecule has 0 spiro atoms. The molecule has 0 aliphatic carbocycles. The molecule has 0 radical (unpaired) electrons. The van der Waals surface area contributed by atoms with Gasteiger partial charge >= 0.3 is 0 Å². The molecule has 104 valence electrons. The van der Waals surface area contributed by atoms with Crippen molar-refractivity contribution in [1.82, 2.24) is 4.98 Å². The highest BCUT2D eigenvalue weighted by Gasteiger charge is 2.02. The summed E-state index contributed by atoms with van der Waals surface area (Å²) in [5.41, 5.74) is 1.83. The maximum Gasteiger partial charge on any atom is 0.248 e. The Balaban J connectivity index is 1.64. The van der Waals surface area contributed by atoms with Gasteiger partial charge in [-0.1, -0.05) is 6.07 Å². The number of hydrogen-bond acceptors (Lipinski definition) is 4. The topological polar surface area (TPSA) is 42.0 Å². The van der Waals surface area contributed by atoms with E-state index in [0.29, 0.717) is 0 Å². The van der Waals surface area contributed by atoms with E-state index in [9.17, 15) is 4.79 Å². The maximum atomic E-state index is 11.8. The maximum absolute atomic E-state index is 11.8. The Kier molecular flexibility index (Phi) is 4.23. The van der Waals surface area contributed by atoms with Crippen molar-refractivity contribution < 1.29 is 4.79 Å². The SMILES string of the molecule is O=C(/C=C/c1cccs1)Nc1ccc(-c2nccs2)cc1. The number of carbonyl (C=O) groups excluding carboxylic acids is 1. The lowest BCUT2D eigenvalue weighted by molar-refractivity contribution is -0.111. The van der Waals surface area contributed by atoms with Crippen LogP contribution in [0.5, 0.6) is 0 Å². The second kappa shape index (κ2) is 6.47. The van der Waals surface area contributed by atoms with E-state index in [-0.39, 0.29) is 5.91 Å². The summed E-state index contributed by atoms with van der Waals surface area (Å²) >= 11 is 3.19. The van der Waals surface area contributed by atoms with E-state index in [1.807, 2.05) is 53.2 Å². The predicted octanol–water partition coefficient (Wildman–Crippen LogP) is 4.52. The predicted molar refractivity (Wildman–Crippen MR) is 89.5 cm³/mol. The second-order valence-electron chi connectivity index (χ2n) is 4.25. The van der Waals surface area contributed by atoms with E-state index in [1.54, 1.807) is 34.9 Å². The summed E-state index contributed by atoms with van der Waals surface area (Å²) in [5.74, 6) is -0.134. The molecule has 0 fully saturated rings. The number of anilines is 1. The third-order valence-corrected chi connectivity index (χ3v) is 4.43. The van der Waals surface area contributed by atoms with E-state index >= 15 is 0 Å². The highest BCUT2D eigenvalue weighted by Crippen LogP contribution is 2.23. The number of rotatable bonds is 4. The summed E-state index contributed by atoms with van der Waals surface area (Å²) in [6.45, 7) is 0. The summed E-state index contributed by atoms with van der Waals surface area (Å²) in [6.07, 6.45) is 5.13. The van der Waals surface area contributed by atoms with Crippen LogP contribution in [-0.4, -0.2) is 10.9 Å². The number of amides is 1. The fourth-order valence-corrected chi connectivity index (χ4v) is 3.05. The molecular weight excluding hydrogens is 300 g/mol. The molecule has 1 N–H and O–H groups in total. The lowest BCUT2D eigenvalue weighted by Crippen LogP contribution is -2.07. The zero-order chi connectivity index (χ0) is 14.5. The van der Waals surface area contributed by atoms with Gasteiger partial charge in [-0.25, -0.2) is 4.98 Å². The van der Waals surface area contributed by atoms with Gasteiger partial charge in [-0.15, -0.1) is 22.7 Å². The van der Waals surface area contributed by atoms with Crippen molar-refractivity contribution in [3.63, 3.8) is 0 Å². The molecule has 0 saturated heterocycles. The van der Waals surface area contributed by atoms with Gasteiger partial charge in [0.25, 0.3) is 0 Å². The van der Waals surface area contributed by atoms with Crippen molar-refractivity contribution in [3.8, 4) is 10.6 Å². The van der Waals surface area contributed by atoms with Gasteiger partial charge in [-0.2, -0.15) is 0 Å². The Morgan fingerprint density at radius 3 is 2.62 bits per heavy atom. The minimum absolute atomic E-state index is 0.134. The molecule has 0 atom stereocenters. The number of hydrogen-bond donors (Lipinski definition) is 1. The molecule has 2 aromatic heterocycles. The molecule has 2 heterocycles. The first-order chi connectivity index (χ1) is 10.3. The molecule has 3 nitrogen and oxygen atoms in total. The van der Waals surface area contributed by atoms with Gasteiger partial charge in [0.05, 0.1) is 0 Å². The Morgan fingerprint density at radius 1 is 1.10 bits per heavy atom. The van der Waals surface area contributed by atoms with Crippen molar-refractivity contribution >= 4 is 40.3 Å². The van der Waals surface area contributed by atoms with Gasteiger partial charge in [-0.05, 0) is 41.8 Å². The van der Waals surface area contributed by atoms with Crippen LogP contribution in [0.1, 0.15) is 4.88 Å². The summed E-state index contributed by atoms with van der Waals surface area (Å²) < 4.78 is 0. The van der Waals surface area contributed by atoms with Gasteiger partial charge in [-0.3, -0.25) is 4.79 Å². The van der Waals surface area contributed by atoms with Crippen LogP contribution in [-0.2, 0) is 4.79 Å². The fraction of sp³-hybridized carbons (Fsp3) is 0. The van der Waals surface area contributed by atoms with E-state index in [0.717, 1.165) is 21.1 Å². The van der Waals surface area contributed by atoms with Crippen LogP contribution in [0.3, 0.4) is 0 Å². The van der Waals surface area contributed by atoms with Crippen molar-refractivity contribution in [2.45, 2.75) is 0 Å². The number of benzene rings is 1. The summed E-state index contributed by atoms with van der Waals surface area (Å²) in [6, 6.07) is 11.6. The quantitative estimate of drug-likeness (QED) is 0.719. The van der Waals surface area contributed by atoms with Crippen molar-refractivity contribution in [3.05, 3.63) is 64.3 Å². The summed E-state index contributed by atoms with van der Waals surface area (Å²) in [5, 5.41) is 7.74. The van der Waals surface area contributed by atoms with Gasteiger partial charge in [0.1, 0.15) is 5.01 Å². The lowest BCUT2D eigenvalue weighted by Gasteiger charge is -2.03. The van der Waals surface area contributed by atoms with Crippen molar-refractivity contribution in [2.24, 2.45) is 0 Å². The highest BCUT2D eigenvalue weighted by molar-refractivity contribution is 7.13. The number of nitrogens with zero attached hydrogens (tertiary/aromatic N) is 1. The Labute approximate surface area is 130 Å². The average Bonchev–Trinajstić information content (AvgIpc) is 3.19. The number of carbonyl (C=O) groups is 1. The van der Waals surface area contributed by atoms with Crippen LogP contribution in [0.15, 0.2) is 59.4 Å². The molecule has 0 aliphatic heterocycles. The Morgan fingerprint density at radius 2 is 1.95 bits per heavy atom. The second-order valence-corrected chi connectivity index (χ2v) is 6.13. The molecule has 1 aromatic carbocycles. The van der Waals surface area contributed by atoms with Crippen molar-refractivity contribution in [2.75, 3.05) is 5.32 Å². The van der Waals surface area contributed by atoms with Crippen LogP contribution >= 0.6 is 22.7 Å². The molecule has 0 bridgehead atoms. The third kappa shape index (κ3) is 3.65. The average molecular weight is 312 g/mol. The fourth-order valence-electron chi connectivity index (χ4n) is 1.79. The first-order valence-corrected chi connectivity index (χ1v) is 8.10. The lowest BCUT2D eigenvalue weighted by atomic mass is 10.2. The minimum atomic E-state index is -0.134. The molecule has 3 rings (SSSR count). The zero-order valence-corrected chi connectivity index (χ0v) is 12.7. The zero-order valence-electron chi connectivity index (χ0n) is 11.0. The largest absolute Gasteiger partial charge is 0.323 e. The molecular formula is C16H12N2OS2. The monoisotopic (exact) mass is 312 g/mol. The van der Waals surface area contributed by atoms with Gasteiger partial charge in [0, 0.05) is 33.8 Å². The number of aromatic nitrogens is 1. The molecule has 0 saturated carbocycles. The molecule has 0 unspecified atom stereocenters. The first kappa shape index (κ1) is 13.7. The van der Waals surface area contributed by atoms with E-state index in [4.69, 9.17) is 0 Å². The number of thiophene rings is 1. The molecule has 3 aromatic rings. The van der Waals surface area contributed by atoms with E-state index < -0.39 is 0 Å². The van der Waals surface area contributed by atoms with Crippen molar-refractivity contribution in [1.29, 1.82) is 0 Å². The first-order valence-electron chi connectivity index (χ1n) is 6.34. The molecule has 21 heavy (non-hydrogen) atoms. The smallest absolute Gasteiger partial charge is 0.248 e. The van der Waals surface area contributed by atoms with Crippen LogP contribution in [0.4, 0.5) is 5.69 Å². The number of nitrogens with one attached hydrogen (secondary N) is 1. The molecule has 1 amide bonds. The minimum Gasteiger partial charge on any atom is -0.323 e. The Bertz CT molecular complexity index is 729. The summed E-state index contributed by atoms with van der Waals surface area (Å²) in [4.78, 5) is 17.1.